The zero-order chi connectivity index (χ0) is 28.2. The largest absolute Gasteiger partial charge is 0.489 e. The summed E-state index contributed by atoms with van der Waals surface area (Å²) in [6.07, 6.45) is 4.73. The Morgan fingerprint density at radius 3 is 2.55 bits per heavy atom. The van der Waals surface area contributed by atoms with Gasteiger partial charge in [0.25, 0.3) is 0 Å². The summed E-state index contributed by atoms with van der Waals surface area (Å²) in [6.45, 7) is 8.87. The first-order valence-corrected chi connectivity index (χ1v) is 14.9. The number of hydrogen-bond acceptors (Lipinski definition) is 3. The third-order valence-corrected chi connectivity index (χ3v) is 9.10. The average Bonchev–Trinajstić information content (AvgIpc) is 3.81. The predicted octanol–water partition coefficient (Wildman–Crippen LogP) is 7.30. The Bertz CT molecular complexity index is 1340. The van der Waals surface area contributed by atoms with Crippen molar-refractivity contribution in [2.24, 2.45) is 5.92 Å². The highest BCUT2D eigenvalue weighted by atomic mass is 35.5. The number of hydrogen-bond donors (Lipinski definition) is 1. The molecule has 2 atom stereocenters. The van der Waals surface area contributed by atoms with Crippen molar-refractivity contribution in [3.8, 4) is 5.75 Å². The van der Waals surface area contributed by atoms with Crippen LogP contribution in [0.4, 0.5) is 4.39 Å². The van der Waals surface area contributed by atoms with Crippen LogP contribution < -0.4 is 10.1 Å². The molecule has 2 aliphatic rings. The summed E-state index contributed by atoms with van der Waals surface area (Å²) in [4.78, 5) is 16.2. The Hall–Kier alpha value is -2.89. The molecule has 2 fully saturated rings. The molecule has 1 saturated carbocycles. The molecule has 1 amide bonds. The lowest BCUT2D eigenvalue weighted by Crippen LogP contribution is -2.47. The number of amides is 1. The van der Waals surface area contributed by atoms with Crippen LogP contribution in [-0.2, 0) is 17.8 Å². The van der Waals surface area contributed by atoms with Crippen molar-refractivity contribution in [1.29, 1.82) is 0 Å². The molecule has 2 unspecified atom stereocenters. The van der Waals surface area contributed by atoms with Crippen molar-refractivity contribution in [3.63, 3.8) is 0 Å². The molecule has 6 heteroatoms. The second-order valence-corrected chi connectivity index (χ2v) is 11.8. The predicted molar refractivity (Wildman–Crippen MR) is 160 cm³/mol. The number of nitrogens with zero attached hydrogens (tertiary/aromatic N) is 1. The summed E-state index contributed by atoms with van der Waals surface area (Å²) < 4.78 is 19.8. The fraction of sp³-hybridized carbons (Fsp3) is 0.441. The van der Waals surface area contributed by atoms with Crippen molar-refractivity contribution in [2.45, 2.75) is 71.4 Å². The fourth-order valence-corrected chi connectivity index (χ4v) is 6.02. The van der Waals surface area contributed by atoms with E-state index in [9.17, 15) is 9.18 Å². The molecule has 3 aromatic carbocycles. The van der Waals surface area contributed by atoms with Crippen molar-refractivity contribution in [2.75, 3.05) is 19.7 Å². The monoisotopic (exact) mass is 562 g/mol. The molecule has 1 aliphatic heterocycles. The summed E-state index contributed by atoms with van der Waals surface area (Å²) in [5.41, 5.74) is 7.05. The lowest BCUT2D eigenvalue weighted by molar-refractivity contribution is -0.138. The minimum Gasteiger partial charge on any atom is -0.489 e. The maximum absolute atomic E-state index is 14.1. The lowest BCUT2D eigenvalue weighted by atomic mass is 9.80. The molecule has 1 heterocycles. The van der Waals surface area contributed by atoms with Crippen LogP contribution >= 0.6 is 11.6 Å². The number of halogens is 2. The smallest absolute Gasteiger partial charge is 0.228 e. The van der Waals surface area contributed by atoms with E-state index in [1.165, 1.54) is 33.9 Å². The van der Waals surface area contributed by atoms with E-state index in [0.717, 1.165) is 50.8 Å². The normalized spacial score (nSPS) is 18.9. The summed E-state index contributed by atoms with van der Waals surface area (Å²) in [7, 11) is 0. The Kier molecular flexibility index (Phi) is 9.12. The van der Waals surface area contributed by atoms with Gasteiger partial charge in [0.15, 0.2) is 11.6 Å². The maximum Gasteiger partial charge on any atom is 0.228 e. The molecule has 0 radical (unpaired) electrons. The Morgan fingerprint density at radius 2 is 1.80 bits per heavy atom. The lowest BCUT2D eigenvalue weighted by Gasteiger charge is -2.36. The molecule has 212 valence electrons. The number of nitrogens with one attached hydrogen (secondary N) is 1. The van der Waals surface area contributed by atoms with Crippen molar-refractivity contribution in [1.82, 2.24) is 10.2 Å². The van der Waals surface area contributed by atoms with Crippen LogP contribution in [0.5, 0.6) is 5.75 Å². The van der Waals surface area contributed by atoms with Crippen molar-refractivity contribution < 1.29 is 13.9 Å². The van der Waals surface area contributed by atoms with Crippen molar-refractivity contribution in [3.05, 3.63) is 98.8 Å². The molecule has 1 saturated heterocycles. The number of piperidine rings is 1. The molecule has 40 heavy (non-hydrogen) atoms. The highest BCUT2D eigenvalue weighted by molar-refractivity contribution is 6.32. The molecule has 5 rings (SSSR count). The summed E-state index contributed by atoms with van der Waals surface area (Å²) in [6, 6.07) is 18.5. The molecular weight excluding hydrogens is 523 g/mol. The van der Waals surface area contributed by atoms with Gasteiger partial charge in [-0.3, -0.25) is 4.79 Å². The first kappa shape index (κ1) is 28.6. The van der Waals surface area contributed by atoms with Gasteiger partial charge in [0.05, 0.1) is 17.5 Å². The van der Waals surface area contributed by atoms with Crippen molar-refractivity contribution >= 4 is 17.5 Å². The number of ether oxygens (including phenoxy) is 1. The van der Waals surface area contributed by atoms with Crippen LogP contribution in [0, 0.1) is 32.5 Å². The molecule has 1 aliphatic carbocycles. The number of rotatable bonds is 10. The maximum atomic E-state index is 14.1. The number of benzene rings is 3. The van der Waals surface area contributed by atoms with E-state index in [0.29, 0.717) is 24.2 Å². The molecule has 3 aromatic rings. The first-order chi connectivity index (χ1) is 19.3. The summed E-state index contributed by atoms with van der Waals surface area (Å²) >= 11 is 6.22. The minimum absolute atomic E-state index is 0.0623. The van der Waals surface area contributed by atoms with Gasteiger partial charge in [-0.1, -0.05) is 60.1 Å². The van der Waals surface area contributed by atoms with Gasteiger partial charge in [0.2, 0.25) is 5.91 Å². The molecule has 0 bridgehead atoms. The standard InChI is InChI=1S/C34H40ClFN2O2/c1-22-6-4-8-27(24(22)3)21-38(28-14-15-28)34(39)30-20-37-18-17-29(30)26-12-10-25(11-13-26)7-5-19-40-33-31(36)16-9-23(2)32(33)35/h4,6,8-13,16,28-30,37H,5,7,14-15,17-21H2,1-3H3. The highest BCUT2D eigenvalue weighted by Gasteiger charge is 2.40. The molecule has 0 aromatic heterocycles. The van der Waals surface area contributed by atoms with Gasteiger partial charge in [-0.25, -0.2) is 4.39 Å². The SMILES string of the molecule is Cc1cccc(CN(C(=O)C2CNCCC2c2ccc(CCCOc3c(F)ccc(C)c3Cl)cc2)C2CC2)c1C. The second-order valence-electron chi connectivity index (χ2n) is 11.5. The van der Waals surface area contributed by atoms with Gasteiger partial charge < -0.3 is 15.0 Å². The van der Waals surface area contributed by atoms with Crippen LogP contribution in [-0.4, -0.2) is 36.5 Å². The first-order valence-electron chi connectivity index (χ1n) is 14.6. The second kappa shape index (κ2) is 12.7. The van der Waals surface area contributed by atoms with Gasteiger partial charge >= 0.3 is 0 Å². The fourth-order valence-electron chi connectivity index (χ4n) is 5.82. The molecule has 0 spiro atoms. The Labute approximate surface area is 242 Å². The molecule has 4 nitrogen and oxygen atoms in total. The van der Waals surface area contributed by atoms with Crippen LogP contribution in [0.1, 0.15) is 65.0 Å². The van der Waals surface area contributed by atoms with Gasteiger partial charge in [-0.2, -0.15) is 0 Å². The third kappa shape index (κ3) is 6.53. The zero-order valence-electron chi connectivity index (χ0n) is 23.8. The minimum atomic E-state index is -0.430. The number of carbonyl (C=O) groups excluding carboxylic acids is 1. The van der Waals surface area contributed by atoms with Gasteiger partial charge in [0.1, 0.15) is 0 Å². The van der Waals surface area contributed by atoms with E-state index in [4.69, 9.17) is 16.3 Å². The van der Waals surface area contributed by atoms with Crippen LogP contribution in [0.15, 0.2) is 54.6 Å². The van der Waals surface area contributed by atoms with Gasteiger partial charge in [-0.05, 0) is 105 Å². The van der Waals surface area contributed by atoms with E-state index < -0.39 is 5.82 Å². The van der Waals surface area contributed by atoms with Gasteiger partial charge in [0, 0.05) is 19.1 Å². The van der Waals surface area contributed by atoms with Crippen LogP contribution in [0.2, 0.25) is 5.02 Å². The topological polar surface area (TPSA) is 41.6 Å². The average molecular weight is 563 g/mol. The molecular formula is C34H40ClFN2O2. The summed E-state index contributed by atoms with van der Waals surface area (Å²) in [5, 5.41) is 3.82. The number of aryl methyl sites for hydroxylation is 3. The third-order valence-electron chi connectivity index (χ3n) is 8.63. The Morgan fingerprint density at radius 1 is 1.02 bits per heavy atom. The zero-order valence-corrected chi connectivity index (χ0v) is 24.6. The van der Waals surface area contributed by atoms with E-state index >= 15 is 0 Å². The molecule has 1 N–H and O–H groups in total. The van der Waals surface area contributed by atoms with Gasteiger partial charge in [-0.15, -0.1) is 0 Å². The summed E-state index contributed by atoms with van der Waals surface area (Å²) in [5.74, 6) is 0.130. The quantitative estimate of drug-likeness (QED) is 0.264. The van der Waals surface area contributed by atoms with E-state index in [-0.39, 0.29) is 23.5 Å². The number of carbonyl (C=O) groups is 1. The Balaban J connectivity index is 1.22. The van der Waals surface area contributed by atoms with E-state index in [1.807, 2.05) is 6.92 Å². The highest BCUT2D eigenvalue weighted by Crippen LogP contribution is 2.37. The van der Waals surface area contributed by atoms with E-state index in [1.54, 1.807) is 6.07 Å². The van der Waals surface area contributed by atoms with E-state index in [2.05, 4.69) is 66.5 Å². The van der Waals surface area contributed by atoms with Crippen LogP contribution in [0.25, 0.3) is 0 Å². The van der Waals surface area contributed by atoms with Crippen LogP contribution in [0.3, 0.4) is 0 Å².